The molecule has 3 nitrogen and oxygen atoms in total. The number of carbonyl (C=O) groups excluding carboxylic acids is 2. The predicted molar refractivity (Wildman–Crippen MR) is 67.8 cm³/mol. The lowest BCUT2D eigenvalue weighted by molar-refractivity contribution is -0.124. The lowest BCUT2D eigenvalue weighted by Crippen LogP contribution is -2.32. The van der Waals surface area contributed by atoms with E-state index in [2.05, 4.69) is 0 Å². The third-order valence-corrected chi connectivity index (χ3v) is 2.62. The van der Waals surface area contributed by atoms with Gasteiger partial charge in [-0.15, -0.1) is 0 Å². The van der Waals surface area contributed by atoms with E-state index in [0.29, 0.717) is 5.69 Å². The average Bonchev–Trinajstić information content (AvgIpc) is 2.28. The molecule has 2 amide bonds. The Bertz CT molecular complexity index is 576. The van der Waals surface area contributed by atoms with Crippen LogP contribution in [-0.2, 0) is 9.59 Å². The van der Waals surface area contributed by atoms with Crippen molar-refractivity contribution in [3.8, 4) is 0 Å². The molecular weight excluding hydrogens is 214 g/mol. The minimum atomic E-state index is -0.271. The molecule has 0 saturated carbocycles. The number of hydrogen-bond donors (Lipinski definition) is 0. The summed E-state index contributed by atoms with van der Waals surface area (Å²) in [5.41, 5.74) is 0.615. The van der Waals surface area contributed by atoms with Crippen molar-refractivity contribution in [1.82, 2.24) is 0 Å². The number of anilines is 1. The van der Waals surface area contributed by atoms with E-state index in [1.165, 1.54) is 18.7 Å². The molecule has 86 valence electrons. The molecule has 2 aromatic carbocycles. The molecule has 0 aromatic heterocycles. The van der Waals surface area contributed by atoms with Crippen molar-refractivity contribution in [2.24, 2.45) is 0 Å². The van der Waals surface area contributed by atoms with E-state index >= 15 is 0 Å². The Hall–Kier alpha value is -2.16. The number of benzene rings is 2. The summed E-state index contributed by atoms with van der Waals surface area (Å²) in [5.74, 6) is -0.541. The molecule has 0 fully saturated rings. The van der Waals surface area contributed by atoms with Crippen molar-refractivity contribution in [3.05, 3.63) is 42.5 Å². The highest BCUT2D eigenvalue weighted by atomic mass is 16.2. The van der Waals surface area contributed by atoms with Crippen molar-refractivity contribution in [1.29, 1.82) is 0 Å². The van der Waals surface area contributed by atoms with Gasteiger partial charge in [-0.1, -0.05) is 30.3 Å². The number of imide groups is 1. The second-order valence-electron chi connectivity index (χ2n) is 3.90. The van der Waals surface area contributed by atoms with Crippen LogP contribution in [0.3, 0.4) is 0 Å². The van der Waals surface area contributed by atoms with Crippen molar-refractivity contribution in [2.45, 2.75) is 13.8 Å². The van der Waals surface area contributed by atoms with Gasteiger partial charge in [-0.05, 0) is 22.9 Å². The minimum absolute atomic E-state index is 0.271. The fourth-order valence-corrected chi connectivity index (χ4v) is 1.90. The van der Waals surface area contributed by atoms with E-state index in [0.717, 1.165) is 10.8 Å². The van der Waals surface area contributed by atoms with Gasteiger partial charge in [0.25, 0.3) is 0 Å². The Labute approximate surface area is 99.7 Å². The van der Waals surface area contributed by atoms with Gasteiger partial charge in [0, 0.05) is 13.8 Å². The van der Waals surface area contributed by atoms with Gasteiger partial charge in [-0.2, -0.15) is 0 Å². The lowest BCUT2D eigenvalue weighted by atomic mass is 10.1. The molecule has 0 spiro atoms. The van der Waals surface area contributed by atoms with Crippen LogP contribution >= 0.6 is 0 Å². The predicted octanol–water partition coefficient (Wildman–Crippen LogP) is 2.74. The van der Waals surface area contributed by atoms with Gasteiger partial charge in [0.1, 0.15) is 0 Å². The minimum Gasteiger partial charge on any atom is -0.274 e. The SMILES string of the molecule is CC(=O)N(C(C)=O)c1ccc2ccccc2c1. The number of rotatable bonds is 1. The zero-order valence-electron chi connectivity index (χ0n) is 9.81. The van der Waals surface area contributed by atoms with Gasteiger partial charge in [-0.25, -0.2) is 0 Å². The van der Waals surface area contributed by atoms with E-state index in [-0.39, 0.29) is 11.8 Å². The van der Waals surface area contributed by atoms with E-state index in [1.54, 1.807) is 6.07 Å². The molecule has 3 heteroatoms. The molecule has 0 radical (unpaired) electrons. The fourth-order valence-electron chi connectivity index (χ4n) is 1.90. The molecular formula is C14H13NO2. The van der Waals surface area contributed by atoms with Crippen LogP contribution in [0.4, 0.5) is 5.69 Å². The van der Waals surface area contributed by atoms with Gasteiger partial charge in [0.15, 0.2) is 0 Å². The van der Waals surface area contributed by atoms with Gasteiger partial charge in [0.05, 0.1) is 5.69 Å². The molecule has 0 aliphatic carbocycles. The Morgan fingerprint density at radius 3 is 2.06 bits per heavy atom. The number of carbonyl (C=O) groups is 2. The summed E-state index contributed by atoms with van der Waals surface area (Å²) in [6.45, 7) is 2.77. The third-order valence-electron chi connectivity index (χ3n) is 2.62. The molecule has 2 aromatic rings. The Balaban J connectivity index is 2.55. The highest BCUT2D eigenvalue weighted by Crippen LogP contribution is 2.22. The maximum absolute atomic E-state index is 11.4. The van der Waals surface area contributed by atoms with Crippen molar-refractivity contribution < 1.29 is 9.59 Å². The number of nitrogens with zero attached hydrogens (tertiary/aromatic N) is 1. The topological polar surface area (TPSA) is 37.4 Å². The Morgan fingerprint density at radius 2 is 1.47 bits per heavy atom. The molecule has 0 saturated heterocycles. The average molecular weight is 227 g/mol. The summed E-state index contributed by atoms with van der Waals surface area (Å²) in [7, 11) is 0. The zero-order valence-corrected chi connectivity index (χ0v) is 9.81. The summed E-state index contributed by atoms with van der Waals surface area (Å²) < 4.78 is 0. The zero-order chi connectivity index (χ0) is 12.4. The summed E-state index contributed by atoms with van der Waals surface area (Å²) in [4.78, 5) is 24.0. The maximum atomic E-state index is 11.4. The van der Waals surface area contributed by atoms with Gasteiger partial charge in [0.2, 0.25) is 11.8 Å². The van der Waals surface area contributed by atoms with Crippen LogP contribution in [0, 0.1) is 0 Å². The Morgan fingerprint density at radius 1 is 0.882 bits per heavy atom. The van der Waals surface area contributed by atoms with E-state index < -0.39 is 0 Å². The highest BCUT2D eigenvalue weighted by molar-refractivity contribution is 6.13. The molecule has 0 heterocycles. The summed E-state index contributed by atoms with van der Waals surface area (Å²) in [5, 5.41) is 2.10. The van der Waals surface area contributed by atoms with E-state index in [9.17, 15) is 9.59 Å². The summed E-state index contributed by atoms with van der Waals surface area (Å²) in [6.07, 6.45) is 0. The molecule has 0 bridgehead atoms. The normalized spacial score (nSPS) is 10.2. The molecule has 0 N–H and O–H groups in total. The van der Waals surface area contributed by atoms with Crippen LogP contribution in [0.5, 0.6) is 0 Å². The first-order valence-electron chi connectivity index (χ1n) is 5.39. The second kappa shape index (κ2) is 4.37. The van der Waals surface area contributed by atoms with Crippen molar-refractivity contribution in [2.75, 3.05) is 4.90 Å². The number of hydrogen-bond acceptors (Lipinski definition) is 2. The monoisotopic (exact) mass is 227 g/mol. The molecule has 0 atom stereocenters. The largest absolute Gasteiger partial charge is 0.274 e. The van der Waals surface area contributed by atoms with Gasteiger partial charge in [-0.3, -0.25) is 14.5 Å². The third kappa shape index (κ3) is 2.18. The van der Waals surface area contributed by atoms with Crippen LogP contribution < -0.4 is 4.90 Å². The van der Waals surface area contributed by atoms with E-state index in [4.69, 9.17) is 0 Å². The second-order valence-corrected chi connectivity index (χ2v) is 3.90. The van der Waals surface area contributed by atoms with E-state index in [1.807, 2.05) is 36.4 Å². The number of amides is 2. The molecule has 0 aliphatic rings. The standard InChI is InChI=1S/C14H13NO2/c1-10(16)15(11(2)17)14-8-7-12-5-3-4-6-13(12)9-14/h3-9H,1-2H3. The fraction of sp³-hybridized carbons (Fsp3) is 0.143. The first-order chi connectivity index (χ1) is 8.09. The van der Waals surface area contributed by atoms with Crippen molar-refractivity contribution >= 4 is 28.3 Å². The molecule has 0 unspecified atom stereocenters. The van der Waals surface area contributed by atoms with Crippen LogP contribution in [-0.4, -0.2) is 11.8 Å². The molecule has 17 heavy (non-hydrogen) atoms. The van der Waals surface area contributed by atoms with Gasteiger partial charge >= 0.3 is 0 Å². The van der Waals surface area contributed by atoms with Crippen LogP contribution in [0.1, 0.15) is 13.8 Å². The molecule has 0 aliphatic heterocycles. The van der Waals surface area contributed by atoms with Crippen LogP contribution in [0.2, 0.25) is 0 Å². The summed E-state index contributed by atoms with van der Waals surface area (Å²) >= 11 is 0. The number of fused-ring (bicyclic) bond motifs is 1. The molecule has 2 rings (SSSR count). The highest BCUT2D eigenvalue weighted by Gasteiger charge is 2.15. The lowest BCUT2D eigenvalue weighted by Gasteiger charge is -2.17. The Kier molecular flexibility index (Phi) is 2.91. The first-order valence-corrected chi connectivity index (χ1v) is 5.39. The van der Waals surface area contributed by atoms with Gasteiger partial charge < -0.3 is 0 Å². The van der Waals surface area contributed by atoms with Crippen LogP contribution in [0.25, 0.3) is 10.8 Å². The maximum Gasteiger partial charge on any atom is 0.230 e. The summed E-state index contributed by atoms with van der Waals surface area (Å²) in [6, 6.07) is 13.4. The smallest absolute Gasteiger partial charge is 0.230 e. The first kappa shape index (κ1) is 11.3. The van der Waals surface area contributed by atoms with Crippen LogP contribution in [0.15, 0.2) is 42.5 Å². The quantitative estimate of drug-likeness (QED) is 0.751. The van der Waals surface area contributed by atoms with Crippen molar-refractivity contribution in [3.63, 3.8) is 0 Å².